The Morgan fingerprint density at radius 2 is 1.55 bits per heavy atom. The summed E-state index contributed by atoms with van der Waals surface area (Å²) in [4.78, 5) is 2.52. The van der Waals surface area contributed by atoms with Gasteiger partial charge in [-0.3, -0.25) is 4.67 Å². The van der Waals surface area contributed by atoms with E-state index in [0.29, 0.717) is 0 Å². The third kappa shape index (κ3) is 4.13. The van der Waals surface area contributed by atoms with E-state index in [2.05, 4.69) is 90.4 Å². The average molecular weight is 425 g/mol. The van der Waals surface area contributed by atoms with Gasteiger partial charge in [-0.15, -0.1) is 0 Å². The van der Waals surface area contributed by atoms with Gasteiger partial charge in [0.05, 0.1) is 19.4 Å². The predicted octanol–water partition coefficient (Wildman–Crippen LogP) is 4.69. The van der Waals surface area contributed by atoms with E-state index in [1.165, 1.54) is 27.5 Å². The Bertz CT molecular complexity index is 947. The van der Waals surface area contributed by atoms with Crippen molar-refractivity contribution in [2.75, 3.05) is 40.4 Å². The van der Waals surface area contributed by atoms with Crippen LogP contribution in [0.1, 0.15) is 18.4 Å². The third-order valence-corrected chi connectivity index (χ3v) is 11.3. The number of hydrogen-bond donors (Lipinski definition) is 0. The van der Waals surface area contributed by atoms with Gasteiger partial charge in [0.25, 0.3) is 0 Å². The Hall–Kier alpha value is -1.71. The number of nitrogens with zero attached hydrogens (tertiary/aromatic N) is 2. The van der Waals surface area contributed by atoms with Crippen LogP contribution in [0.4, 0.5) is 0 Å². The van der Waals surface area contributed by atoms with Gasteiger partial charge in [-0.1, -0.05) is 72.5 Å². The lowest BCUT2D eigenvalue weighted by Gasteiger charge is -2.36. The zero-order valence-corrected chi connectivity index (χ0v) is 19.0. The molecule has 1 aliphatic heterocycles. The highest BCUT2D eigenvalue weighted by atomic mass is 32.4. The number of rotatable bonds is 5. The summed E-state index contributed by atoms with van der Waals surface area (Å²) in [5.74, 6) is 0. The van der Waals surface area contributed by atoms with Crippen molar-refractivity contribution in [2.45, 2.75) is 12.8 Å². The first-order chi connectivity index (χ1) is 14.1. The van der Waals surface area contributed by atoms with Crippen LogP contribution in [-0.2, 0) is 16.5 Å². The van der Waals surface area contributed by atoms with Crippen molar-refractivity contribution in [2.24, 2.45) is 0 Å². The van der Waals surface area contributed by atoms with E-state index >= 15 is 0 Å². The van der Waals surface area contributed by atoms with Gasteiger partial charge in [-0.05, 0) is 44.1 Å². The first-order valence-corrected chi connectivity index (χ1v) is 13.0. The molecule has 2 aromatic carbocycles. The maximum absolute atomic E-state index is 6.51. The van der Waals surface area contributed by atoms with Crippen LogP contribution in [0.5, 0.6) is 0 Å². The van der Waals surface area contributed by atoms with Crippen LogP contribution >= 0.6 is 6.19 Å². The van der Waals surface area contributed by atoms with E-state index in [1.54, 1.807) is 0 Å². The number of hydrogen-bond acceptors (Lipinski definition) is 3. The number of morpholine rings is 1. The maximum atomic E-state index is 6.51. The quantitative estimate of drug-likeness (QED) is 0.647. The first kappa shape index (κ1) is 20.6. The Labute approximate surface area is 179 Å². The molecule has 0 bridgehead atoms. The van der Waals surface area contributed by atoms with Crippen molar-refractivity contribution >= 4 is 29.4 Å². The Balaban J connectivity index is 1.87. The Morgan fingerprint density at radius 1 is 0.931 bits per heavy atom. The van der Waals surface area contributed by atoms with Crippen molar-refractivity contribution < 1.29 is 4.74 Å². The molecule has 1 aliphatic carbocycles. The molecule has 0 saturated carbocycles. The highest BCUT2D eigenvalue weighted by Gasteiger charge is 2.36. The largest absolute Gasteiger partial charge is 0.378 e. The summed E-state index contributed by atoms with van der Waals surface area (Å²) in [5.41, 5.74) is 4.06. The minimum Gasteiger partial charge on any atom is -0.378 e. The van der Waals surface area contributed by atoms with E-state index in [-0.39, 0.29) is 0 Å². The summed E-state index contributed by atoms with van der Waals surface area (Å²) in [6.07, 6.45) is 2.42. The number of benzene rings is 2. The normalized spacial score (nSPS) is 21.1. The molecule has 0 unspecified atom stereocenters. The molecule has 152 valence electrons. The summed E-state index contributed by atoms with van der Waals surface area (Å²) >= 11 is 6.51. The zero-order chi connectivity index (χ0) is 20.3. The Morgan fingerprint density at radius 3 is 2.17 bits per heavy atom. The van der Waals surface area contributed by atoms with Crippen molar-refractivity contribution in [3.8, 4) is 0 Å². The molecule has 29 heavy (non-hydrogen) atoms. The average Bonchev–Trinajstić information content (AvgIpc) is 3.19. The van der Waals surface area contributed by atoms with E-state index in [1.807, 2.05) is 0 Å². The summed E-state index contributed by atoms with van der Waals surface area (Å²) in [5, 5.41) is 2.73. The molecule has 2 aromatic rings. The molecule has 0 radical (unpaired) electrons. The molecule has 3 nitrogen and oxygen atoms in total. The molecule has 2 aliphatic rings. The molecular formula is C24H29N2OPS. The molecule has 0 spiro atoms. The molecule has 1 saturated heterocycles. The second kappa shape index (κ2) is 8.97. The summed E-state index contributed by atoms with van der Waals surface area (Å²) in [6, 6.07) is 21.4. The van der Waals surface area contributed by atoms with E-state index in [4.69, 9.17) is 16.5 Å². The van der Waals surface area contributed by atoms with Crippen molar-refractivity contribution in [3.63, 3.8) is 0 Å². The van der Waals surface area contributed by atoms with Crippen LogP contribution in [0.25, 0.3) is 6.08 Å². The molecule has 1 atom stereocenters. The van der Waals surface area contributed by atoms with Crippen molar-refractivity contribution in [3.05, 3.63) is 82.8 Å². The predicted molar refractivity (Wildman–Crippen MR) is 127 cm³/mol. The highest BCUT2D eigenvalue weighted by Crippen LogP contribution is 2.61. The molecule has 0 aromatic heterocycles. The van der Waals surface area contributed by atoms with Gasteiger partial charge in [0, 0.05) is 29.4 Å². The lowest BCUT2D eigenvalue weighted by Crippen LogP contribution is -2.36. The van der Waals surface area contributed by atoms with E-state index < -0.39 is 6.19 Å². The topological polar surface area (TPSA) is 15.7 Å². The standard InChI is InChI=1S/C24H29N2OPS/c1-25(2)28(29,22-11-7-4-8-12-22)23-14-13-21(19-20-9-5-3-6-10-20)24(23)26-15-17-27-18-16-26/h3-12,19H,13-18H2,1-2H3/b21-19+/t28-/m1/s1. The fourth-order valence-electron chi connectivity index (χ4n) is 4.29. The monoisotopic (exact) mass is 424 g/mol. The first-order valence-electron chi connectivity index (χ1n) is 10.3. The van der Waals surface area contributed by atoms with E-state index in [0.717, 1.165) is 39.1 Å². The van der Waals surface area contributed by atoms with Gasteiger partial charge in [0.2, 0.25) is 0 Å². The highest BCUT2D eigenvalue weighted by molar-refractivity contribution is 8.19. The molecule has 5 heteroatoms. The molecule has 0 amide bonds. The van der Waals surface area contributed by atoms with Gasteiger partial charge in [0.15, 0.2) is 0 Å². The second-order valence-electron chi connectivity index (χ2n) is 7.73. The molecule has 1 heterocycles. The minimum atomic E-state index is -2.03. The van der Waals surface area contributed by atoms with Crippen molar-refractivity contribution in [1.82, 2.24) is 9.57 Å². The molecular weight excluding hydrogens is 395 g/mol. The molecule has 1 fully saturated rings. The number of ether oxygens (including phenoxy) is 1. The summed E-state index contributed by atoms with van der Waals surface area (Å²) in [6.45, 7) is 3.43. The van der Waals surface area contributed by atoms with Gasteiger partial charge in [-0.2, -0.15) is 0 Å². The number of allylic oxidation sites excluding steroid dienone is 2. The molecule has 4 rings (SSSR count). The maximum Gasteiger partial charge on any atom is 0.0686 e. The zero-order valence-electron chi connectivity index (χ0n) is 17.3. The minimum absolute atomic E-state index is 0.783. The lowest BCUT2D eigenvalue weighted by molar-refractivity contribution is 0.0548. The van der Waals surface area contributed by atoms with Crippen LogP contribution in [0.2, 0.25) is 0 Å². The fourth-order valence-corrected chi connectivity index (χ4v) is 8.01. The van der Waals surface area contributed by atoms with Crippen LogP contribution in [0, 0.1) is 0 Å². The fraction of sp³-hybridized carbons (Fsp3) is 0.333. The lowest BCUT2D eigenvalue weighted by atomic mass is 10.1. The van der Waals surface area contributed by atoms with Gasteiger partial charge in [0.1, 0.15) is 0 Å². The van der Waals surface area contributed by atoms with Crippen molar-refractivity contribution in [1.29, 1.82) is 0 Å². The van der Waals surface area contributed by atoms with Crippen LogP contribution in [0.3, 0.4) is 0 Å². The van der Waals surface area contributed by atoms with Gasteiger partial charge < -0.3 is 9.64 Å². The Kier molecular flexibility index (Phi) is 6.36. The SMILES string of the molecule is CN(C)[P@](=S)(C1=C(N2CCOCC2)/C(=C/c2ccccc2)CC1)c1ccccc1. The van der Waals surface area contributed by atoms with Crippen LogP contribution in [0.15, 0.2) is 77.2 Å². The van der Waals surface area contributed by atoms with E-state index in [9.17, 15) is 0 Å². The van der Waals surface area contributed by atoms with Gasteiger partial charge >= 0.3 is 0 Å². The van der Waals surface area contributed by atoms with Crippen LogP contribution in [-0.4, -0.2) is 50.0 Å². The third-order valence-electron chi connectivity index (χ3n) is 5.71. The second-order valence-corrected chi connectivity index (χ2v) is 12.3. The molecule has 0 N–H and O–H groups in total. The summed E-state index contributed by atoms with van der Waals surface area (Å²) < 4.78 is 7.96. The van der Waals surface area contributed by atoms with Gasteiger partial charge in [-0.25, -0.2) is 0 Å². The summed E-state index contributed by atoms with van der Waals surface area (Å²) in [7, 11) is 4.30. The smallest absolute Gasteiger partial charge is 0.0686 e. The van der Waals surface area contributed by atoms with Crippen LogP contribution < -0.4 is 5.30 Å².